The molecule has 0 saturated heterocycles. The van der Waals surface area contributed by atoms with Gasteiger partial charge in [0.2, 0.25) is 0 Å². The van der Waals surface area contributed by atoms with Crippen molar-refractivity contribution in [1.29, 1.82) is 0 Å². The van der Waals surface area contributed by atoms with Gasteiger partial charge in [-0.15, -0.1) is 0 Å². The Bertz CT molecular complexity index is 631. The van der Waals surface area contributed by atoms with Gasteiger partial charge in [-0.3, -0.25) is 9.59 Å². The first-order chi connectivity index (χ1) is 11.4. The molecule has 0 saturated carbocycles. The van der Waals surface area contributed by atoms with Gasteiger partial charge in [-0.1, -0.05) is 48.6 Å². The fraction of sp³-hybridized carbons (Fsp3) is 0.400. The summed E-state index contributed by atoms with van der Waals surface area (Å²) in [4.78, 5) is 25.9. The topological polar surface area (TPSA) is 52.6 Å². The molecule has 2 rings (SSSR count). The fourth-order valence-electron chi connectivity index (χ4n) is 2.72. The van der Waals surface area contributed by atoms with Crippen LogP contribution in [0.4, 0.5) is 0 Å². The van der Waals surface area contributed by atoms with E-state index in [0.29, 0.717) is 5.57 Å². The Hall–Kier alpha value is -2.36. The minimum Gasteiger partial charge on any atom is -0.462 e. The van der Waals surface area contributed by atoms with E-state index in [-0.39, 0.29) is 18.6 Å². The molecule has 0 spiro atoms. The van der Waals surface area contributed by atoms with Crippen LogP contribution in [0.3, 0.4) is 0 Å². The van der Waals surface area contributed by atoms with Gasteiger partial charge in [0.15, 0.2) is 5.41 Å². The molecule has 0 bridgehead atoms. The summed E-state index contributed by atoms with van der Waals surface area (Å²) in [5, 5.41) is 0. The summed E-state index contributed by atoms with van der Waals surface area (Å²) in [6.45, 7) is 7.07. The van der Waals surface area contributed by atoms with Gasteiger partial charge < -0.3 is 9.47 Å². The summed E-state index contributed by atoms with van der Waals surface area (Å²) in [6, 6.07) is 9.40. The van der Waals surface area contributed by atoms with Crippen molar-refractivity contribution < 1.29 is 19.1 Å². The molecule has 1 aliphatic rings. The van der Waals surface area contributed by atoms with Crippen molar-refractivity contribution in [2.75, 3.05) is 0 Å². The van der Waals surface area contributed by atoms with Crippen LogP contribution in [0.1, 0.15) is 39.7 Å². The minimum absolute atomic E-state index is 0.227. The first-order valence-corrected chi connectivity index (χ1v) is 8.23. The molecule has 24 heavy (non-hydrogen) atoms. The molecule has 0 aromatic heterocycles. The van der Waals surface area contributed by atoms with E-state index in [1.54, 1.807) is 39.8 Å². The number of hydrogen-bond donors (Lipinski definition) is 0. The van der Waals surface area contributed by atoms with E-state index in [0.717, 1.165) is 5.56 Å². The molecule has 0 amide bonds. The third-order valence-electron chi connectivity index (χ3n) is 3.75. The maximum atomic E-state index is 12.9. The summed E-state index contributed by atoms with van der Waals surface area (Å²) in [6.07, 6.45) is 5.04. The van der Waals surface area contributed by atoms with Crippen molar-refractivity contribution in [2.24, 2.45) is 5.41 Å². The smallest absolute Gasteiger partial charge is 0.328 e. The van der Waals surface area contributed by atoms with E-state index in [9.17, 15) is 9.59 Å². The SMILES string of the molecule is CC(C)OC(=O)C1(C(=O)OC(C)C)CC=CC=C1c1ccccc1. The number of hydrogen-bond acceptors (Lipinski definition) is 4. The zero-order valence-corrected chi connectivity index (χ0v) is 14.6. The van der Waals surface area contributed by atoms with E-state index in [4.69, 9.17) is 9.47 Å². The number of esters is 2. The first-order valence-electron chi connectivity index (χ1n) is 8.23. The molecule has 0 fully saturated rings. The highest BCUT2D eigenvalue weighted by Crippen LogP contribution is 2.44. The molecule has 4 heteroatoms. The van der Waals surface area contributed by atoms with Crippen molar-refractivity contribution in [3.63, 3.8) is 0 Å². The Balaban J connectivity index is 2.55. The molecule has 0 N–H and O–H groups in total. The number of carbonyl (C=O) groups excluding carboxylic acids is 2. The second-order valence-electron chi connectivity index (χ2n) is 6.39. The molecule has 1 aromatic rings. The lowest BCUT2D eigenvalue weighted by Crippen LogP contribution is -2.45. The van der Waals surface area contributed by atoms with E-state index in [1.165, 1.54) is 0 Å². The lowest BCUT2D eigenvalue weighted by Gasteiger charge is -2.34. The van der Waals surface area contributed by atoms with Crippen LogP contribution < -0.4 is 0 Å². The number of carbonyl (C=O) groups is 2. The first kappa shape index (κ1) is 18.0. The number of ether oxygens (including phenoxy) is 2. The second-order valence-corrected chi connectivity index (χ2v) is 6.39. The van der Waals surface area contributed by atoms with E-state index in [1.807, 2.05) is 36.4 Å². The maximum Gasteiger partial charge on any atom is 0.328 e. The van der Waals surface area contributed by atoms with Crippen LogP contribution >= 0.6 is 0 Å². The maximum absolute atomic E-state index is 12.9. The summed E-state index contributed by atoms with van der Waals surface area (Å²) in [7, 11) is 0. The van der Waals surface area contributed by atoms with Gasteiger partial charge in [-0.25, -0.2) is 0 Å². The van der Waals surface area contributed by atoms with Crippen LogP contribution in [0, 0.1) is 5.41 Å². The molecular weight excluding hydrogens is 304 g/mol. The fourth-order valence-corrected chi connectivity index (χ4v) is 2.72. The quantitative estimate of drug-likeness (QED) is 0.607. The molecule has 0 radical (unpaired) electrons. The Morgan fingerprint density at radius 2 is 1.50 bits per heavy atom. The van der Waals surface area contributed by atoms with Crippen LogP contribution in [0.15, 0.2) is 48.6 Å². The molecule has 128 valence electrons. The molecule has 0 heterocycles. The predicted octanol–water partition coefficient (Wildman–Crippen LogP) is 3.92. The summed E-state index contributed by atoms with van der Waals surface area (Å²) >= 11 is 0. The molecule has 0 atom stereocenters. The van der Waals surface area contributed by atoms with Crippen LogP contribution in [0.5, 0.6) is 0 Å². The molecule has 0 unspecified atom stereocenters. The number of allylic oxidation sites excluding steroid dienone is 3. The predicted molar refractivity (Wildman–Crippen MR) is 93.1 cm³/mol. The largest absolute Gasteiger partial charge is 0.462 e. The van der Waals surface area contributed by atoms with Gasteiger partial charge in [-0.2, -0.15) is 0 Å². The Morgan fingerprint density at radius 1 is 0.958 bits per heavy atom. The van der Waals surface area contributed by atoms with Crippen molar-refractivity contribution in [3.8, 4) is 0 Å². The van der Waals surface area contributed by atoms with Gasteiger partial charge in [0.05, 0.1) is 12.2 Å². The average molecular weight is 328 g/mol. The lowest BCUT2D eigenvalue weighted by molar-refractivity contribution is -0.171. The Labute approximate surface area is 143 Å². The minimum atomic E-state index is -1.47. The molecule has 1 aliphatic carbocycles. The summed E-state index contributed by atoms with van der Waals surface area (Å²) < 4.78 is 10.9. The van der Waals surface area contributed by atoms with Crippen LogP contribution in [0.25, 0.3) is 5.57 Å². The van der Waals surface area contributed by atoms with Gasteiger partial charge in [0.25, 0.3) is 0 Å². The zero-order valence-electron chi connectivity index (χ0n) is 14.6. The highest BCUT2D eigenvalue weighted by atomic mass is 16.6. The van der Waals surface area contributed by atoms with E-state index >= 15 is 0 Å². The normalized spacial score (nSPS) is 16.0. The standard InChI is InChI=1S/C20H24O4/c1-14(2)23-18(21)20(19(22)24-15(3)4)13-9-8-12-17(20)16-10-6-5-7-11-16/h5-12,14-15H,13H2,1-4H3. The third kappa shape index (κ3) is 3.58. The molecule has 4 nitrogen and oxygen atoms in total. The van der Waals surface area contributed by atoms with Gasteiger partial charge >= 0.3 is 11.9 Å². The summed E-state index contributed by atoms with van der Waals surface area (Å²) in [5.41, 5.74) is -0.0462. The number of benzene rings is 1. The highest BCUT2D eigenvalue weighted by Gasteiger charge is 2.52. The lowest BCUT2D eigenvalue weighted by atomic mass is 9.71. The summed E-state index contributed by atoms with van der Waals surface area (Å²) in [5.74, 6) is -1.13. The van der Waals surface area contributed by atoms with Crippen molar-refractivity contribution in [2.45, 2.75) is 46.3 Å². The number of rotatable bonds is 5. The van der Waals surface area contributed by atoms with Crippen LogP contribution in [0.2, 0.25) is 0 Å². The molecule has 0 aliphatic heterocycles. The average Bonchev–Trinajstić information content (AvgIpc) is 2.54. The van der Waals surface area contributed by atoms with E-state index < -0.39 is 17.4 Å². The van der Waals surface area contributed by atoms with Crippen molar-refractivity contribution >= 4 is 17.5 Å². The monoisotopic (exact) mass is 328 g/mol. The Kier molecular flexibility index (Phi) is 5.60. The van der Waals surface area contributed by atoms with Crippen LogP contribution in [-0.2, 0) is 19.1 Å². The second kappa shape index (κ2) is 7.47. The van der Waals surface area contributed by atoms with Crippen LogP contribution in [-0.4, -0.2) is 24.1 Å². The zero-order chi connectivity index (χ0) is 17.7. The van der Waals surface area contributed by atoms with Gasteiger partial charge in [0.1, 0.15) is 0 Å². The van der Waals surface area contributed by atoms with Crippen molar-refractivity contribution in [3.05, 3.63) is 54.1 Å². The van der Waals surface area contributed by atoms with E-state index in [2.05, 4.69) is 0 Å². The molecule has 1 aromatic carbocycles. The third-order valence-corrected chi connectivity index (χ3v) is 3.75. The van der Waals surface area contributed by atoms with Gasteiger partial charge in [-0.05, 0) is 45.3 Å². The van der Waals surface area contributed by atoms with Gasteiger partial charge in [0, 0.05) is 0 Å². The molecular formula is C20H24O4. The Morgan fingerprint density at radius 3 is 2.00 bits per heavy atom. The van der Waals surface area contributed by atoms with Crippen molar-refractivity contribution in [1.82, 2.24) is 0 Å². The highest BCUT2D eigenvalue weighted by molar-refractivity contribution is 6.13.